The van der Waals surface area contributed by atoms with Gasteiger partial charge in [0.25, 0.3) is 0 Å². The predicted molar refractivity (Wildman–Crippen MR) is 65.5 cm³/mol. The van der Waals surface area contributed by atoms with Gasteiger partial charge in [-0.05, 0) is 44.4 Å². The van der Waals surface area contributed by atoms with Gasteiger partial charge >= 0.3 is 0 Å². The molecule has 1 fully saturated rings. The molecule has 0 amide bonds. The minimum atomic E-state index is 0.145. The first kappa shape index (κ1) is 11.7. The molecule has 2 nitrogen and oxygen atoms in total. The Morgan fingerprint density at radius 3 is 2.12 bits per heavy atom. The molecule has 3 heteroatoms. The van der Waals surface area contributed by atoms with E-state index < -0.39 is 0 Å². The maximum absolute atomic E-state index is 6.33. The van der Waals surface area contributed by atoms with Crippen molar-refractivity contribution in [2.24, 2.45) is 0 Å². The smallest absolute Gasteiger partial charge is 0.128 e. The molecule has 0 N–H and O–H groups in total. The normalized spacial score (nSPS) is 23.4. The van der Waals surface area contributed by atoms with Crippen molar-refractivity contribution >= 4 is 11.6 Å². The minimum Gasteiger partial charge on any atom is -0.496 e. The Morgan fingerprint density at radius 2 is 1.69 bits per heavy atom. The van der Waals surface area contributed by atoms with E-state index in [1.165, 1.54) is 0 Å². The van der Waals surface area contributed by atoms with Crippen LogP contribution in [0, 0.1) is 20.8 Å². The van der Waals surface area contributed by atoms with Crippen molar-refractivity contribution in [3.8, 4) is 5.75 Å². The van der Waals surface area contributed by atoms with E-state index in [-0.39, 0.29) is 12.2 Å². The Balaban J connectivity index is 2.66. The molecule has 88 valence electrons. The third-order valence-electron chi connectivity index (χ3n) is 3.41. The maximum Gasteiger partial charge on any atom is 0.128 e. The molecule has 1 aliphatic heterocycles. The highest BCUT2D eigenvalue weighted by atomic mass is 35.5. The molecule has 1 aromatic rings. The van der Waals surface area contributed by atoms with Gasteiger partial charge in [-0.2, -0.15) is 0 Å². The summed E-state index contributed by atoms with van der Waals surface area (Å²) in [5, 5.41) is 0.830. The average Bonchev–Trinajstić information content (AvgIpc) is 2.97. The molecule has 1 aliphatic rings. The van der Waals surface area contributed by atoms with Crippen LogP contribution in [0.1, 0.15) is 35.3 Å². The van der Waals surface area contributed by atoms with E-state index in [1.807, 2.05) is 20.8 Å². The Labute approximate surface area is 102 Å². The second kappa shape index (κ2) is 3.94. The lowest BCUT2D eigenvalue weighted by Crippen LogP contribution is -2.01. The monoisotopic (exact) mass is 240 g/mol. The van der Waals surface area contributed by atoms with Crippen LogP contribution in [0.4, 0.5) is 0 Å². The van der Waals surface area contributed by atoms with E-state index >= 15 is 0 Å². The largest absolute Gasteiger partial charge is 0.496 e. The number of benzene rings is 1. The van der Waals surface area contributed by atoms with Crippen LogP contribution in [-0.4, -0.2) is 13.2 Å². The zero-order valence-corrected chi connectivity index (χ0v) is 11.1. The molecule has 2 rings (SSSR count). The standard InChI is InChI=1S/C13H17ClO2/c1-6-7(2)12(15-5)10(8(3)11(6)14)13-9(4)16-13/h9,13H,1-5H3. The van der Waals surface area contributed by atoms with E-state index in [0.29, 0.717) is 0 Å². The Bertz CT molecular complexity index is 440. The molecule has 0 radical (unpaired) electrons. The summed E-state index contributed by atoms with van der Waals surface area (Å²) in [5.74, 6) is 0.925. The van der Waals surface area contributed by atoms with Crippen molar-refractivity contribution in [3.63, 3.8) is 0 Å². The van der Waals surface area contributed by atoms with E-state index in [2.05, 4.69) is 6.92 Å². The van der Waals surface area contributed by atoms with Gasteiger partial charge < -0.3 is 9.47 Å². The molecule has 2 unspecified atom stereocenters. The number of halogens is 1. The summed E-state index contributed by atoms with van der Waals surface area (Å²) in [5.41, 5.74) is 4.39. The topological polar surface area (TPSA) is 21.8 Å². The van der Waals surface area contributed by atoms with Crippen molar-refractivity contribution in [1.82, 2.24) is 0 Å². The number of hydrogen-bond acceptors (Lipinski definition) is 2. The molecular weight excluding hydrogens is 224 g/mol. The summed E-state index contributed by atoms with van der Waals surface area (Å²) in [6.07, 6.45) is 0.414. The van der Waals surface area contributed by atoms with Gasteiger partial charge in [0.2, 0.25) is 0 Å². The minimum absolute atomic E-state index is 0.145. The fourth-order valence-electron chi connectivity index (χ4n) is 2.20. The summed E-state index contributed by atoms with van der Waals surface area (Å²) in [6.45, 7) is 8.15. The van der Waals surface area contributed by atoms with Crippen LogP contribution in [0.25, 0.3) is 0 Å². The van der Waals surface area contributed by atoms with E-state index in [4.69, 9.17) is 21.1 Å². The Morgan fingerprint density at radius 1 is 1.12 bits per heavy atom. The van der Waals surface area contributed by atoms with Gasteiger partial charge in [-0.25, -0.2) is 0 Å². The first-order valence-electron chi connectivity index (χ1n) is 5.47. The Hall–Kier alpha value is -0.730. The van der Waals surface area contributed by atoms with E-state index in [0.717, 1.165) is 33.0 Å². The second-order valence-corrected chi connectivity index (χ2v) is 4.78. The molecule has 0 saturated carbocycles. The third kappa shape index (κ3) is 1.61. The van der Waals surface area contributed by atoms with Gasteiger partial charge in [-0.15, -0.1) is 0 Å². The maximum atomic E-state index is 6.33. The first-order chi connectivity index (χ1) is 7.49. The summed E-state index contributed by atoms with van der Waals surface area (Å²) in [6, 6.07) is 0. The highest BCUT2D eigenvalue weighted by Gasteiger charge is 2.40. The summed E-state index contributed by atoms with van der Waals surface area (Å²) in [7, 11) is 1.70. The third-order valence-corrected chi connectivity index (χ3v) is 3.98. The van der Waals surface area contributed by atoms with Gasteiger partial charge in [0.05, 0.1) is 13.2 Å². The lowest BCUT2D eigenvalue weighted by molar-refractivity contribution is 0.366. The van der Waals surface area contributed by atoms with Crippen LogP contribution >= 0.6 is 11.6 Å². The highest BCUT2D eigenvalue weighted by molar-refractivity contribution is 6.32. The molecule has 2 atom stereocenters. The zero-order chi connectivity index (χ0) is 12.0. The van der Waals surface area contributed by atoms with E-state index in [1.54, 1.807) is 7.11 Å². The van der Waals surface area contributed by atoms with Crippen LogP contribution < -0.4 is 4.74 Å². The molecule has 0 aliphatic carbocycles. The lowest BCUT2D eigenvalue weighted by atomic mass is 9.96. The van der Waals surface area contributed by atoms with Crippen molar-refractivity contribution in [3.05, 3.63) is 27.3 Å². The highest BCUT2D eigenvalue weighted by Crippen LogP contribution is 2.48. The summed E-state index contributed by atoms with van der Waals surface area (Å²) >= 11 is 6.33. The predicted octanol–water partition coefficient (Wildman–Crippen LogP) is 3.73. The molecule has 16 heavy (non-hydrogen) atoms. The lowest BCUT2D eigenvalue weighted by Gasteiger charge is -2.17. The first-order valence-corrected chi connectivity index (χ1v) is 5.85. The quantitative estimate of drug-likeness (QED) is 0.735. The fourth-order valence-corrected chi connectivity index (χ4v) is 2.44. The van der Waals surface area contributed by atoms with Crippen LogP contribution in [0.3, 0.4) is 0 Å². The average molecular weight is 241 g/mol. The number of epoxide rings is 1. The van der Waals surface area contributed by atoms with Gasteiger partial charge in [0.15, 0.2) is 0 Å². The molecule has 0 bridgehead atoms. The van der Waals surface area contributed by atoms with Crippen LogP contribution in [0.15, 0.2) is 0 Å². The summed E-state index contributed by atoms with van der Waals surface area (Å²) < 4.78 is 11.0. The molecule has 1 heterocycles. The number of ether oxygens (including phenoxy) is 2. The van der Waals surface area contributed by atoms with Crippen molar-refractivity contribution in [2.75, 3.05) is 7.11 Å². The number of rotatable bonds is 2. The van der Waals surface area contributed by atoms with Gasteiger partial charge in [0.1, 0.15) is 11.9 Å². The molecule has 0 aromatic heterocycles. The van der Waals surface area contributed by atoms with Gasteiger partial charge in [-0.1, -0.05) is 11.6 Å². The zero-order valence-electron chi connectivity index (χ0n) is 10.3. The molecular formula is C13H17ClO2. The van der Waals surface area contributed by atoms with Gasteiger partial charge in [-0.3, -0.25) is 0 Å². The molecule has 0 spiro atoms. The number of methoxy groups -OCH3 is 1. The fraction of sp³-hybridized carbons (Fsp3) is 0.538. The SMILES string of the molecule is COc1c(C)c(C)c(Cl)c(C)c1C1OC1C. The van der Waals surface area contributed by atoms with Gasteiger partial charge in [0, 0.05) is 10.6 Å². The van der Waals surface area contributed by atoms with Crippen molar-refractivity contribution in [1.29, 1.82) is 0 Å². The van der Waals surface area contributed by atoms with Crippen LogP contribution in [-0.2, 0) is 4.74 Å². The van der Waals surface area contributed by atoms with E-state index in [9.17, 15) is 0 Å². The Kier molecular flexibility index (Phi) is 2.89. The number of hydrogen-bond donors (Lipinski definition) is 0. The van der Waals surface area contributed by atoms with Crippen molar-refractivity contribution in [2.45, 2.75) is 39.9 Å². The van der Waals surface area contributed by atoms with Crippen molar-refractivity contribution < 1.29 is 9.47 Å². The summed E-state index contributed by atoms with van der Waals surface area (Å²) in [4.78, 5) is 0. The van der Waals surface area contributed by atoms with Crippen LogP contribution in [0.2, 0.25) is 5.02 Å². The molecule has 1 aromatic carbocycles. The van der Waals surface area contributed by atoms with Crippen LogP contribution in [0.5, 0.6) is 5.75 Å². The molecule has 1 saturated heterocycles. The second-order valence-electron chi connectivity index (χ2n) is 4.40.